The summed E-state index contributed by atoms with van der Waals surface area (Å²) in [5.74, 6) is -0.496. The Hall–Kier alpha value is -5.46. The van der Waals surface area contributed by atoms with Crippen molar-refractivity contribution in [3.8, 4) is 5.75 Å². The molecule has 12 nitrogen and oxygen atoms in total. The number of aromatic hydroxyl groups is 1. The molecule has 1 aromatic heterocycles. The topological polar surface area (TPSA) is 113 Å². The van der Waals surface area contributed by atoms with E-state index in [4.69, 9.17) is 0 Å². The zero-order valence-corrected chi connectivity index (χ0v) is 32.0. The molecule has 4 heterocycles. The number of piperidine rings is 1. The highest BCUT2D eigenvalue weighted by Gasteiger charge is 2.51. The number of fused-ring (bicyclic) bond motifs is 2. The second-order valence-corrected chi connectivity index (χ2v) is 15.2. The first-order valence-corrected chi connectivity index (χ1v) is 19.2. The molecule has 0 bridgehead atoms. The summed E-state index contributed by atoms with van der Waals surface area (Å²) < 4.78 is 1.97. The summed E-state index contributed by atoms with van der Waals surface area (Å²) in [7, 11) is 6.09. The average Bonchev–Trinajstić information content (AvgIpc) is 3.53. The number of carbonyl (C=O) groups excluding carboxylic acids is 4. The third-order valence-corrected chi connectivity index (χ3v) is 11.4. The highest BCUT2D eigenvalue weighted by Crippen LogP contribution is 2.33. The maximum absolute atomic E-state index is 14.7. The van der Waals surface area contributed by atoms with E-state index in [0.717, 1.165) is 40.4 Å². The molecule has 0 spiro atoms. The lowest BCUT2D eigenvalue weighted by molar-refractivity contribution is -0.205. The van der Waals surface area contributed by atoms with Crippen LogP contribution in [0.4, 0.5) is 0 Å². The predicted octanol–water partition coefficient (Wildman–Crippen LogP) is 4.04. The number of hydrogen-bond donors (Lipinski definition) is 1. The lowest BCUT2D eigenvalue weighted by Gasteiger charge is -2.55. The molecular formula is C43H51N7O5. The monoisotopic (exact) mass is 745 g/mol. The van der Waals surface area contributed by atoms with E-state index in [1.54, 1.807) is 50.2 Å². The van der Waals surface area contributed by atoms with Crippen LogP contribution in [0.1, 0.15) is 46.3 Å². The first-order chi connectivity index (χ1) is 26.5. The molecule has 0 unspecified atom stereocenters. The molecule has 4 aromatic rings. The highest BCUT2D eigenvalue weighted by molar-refractivity contribution is 6.07. The minimum Gasteiger partial charge on any atom is -0.508 e. The Bertz CT molecular complexity index is 2050. The normalized spacial score (nSPS) is 19.7. The quantitative estimate of drug-likeness (QED) is 0.231. The van der Waals surface area contributed by atoms with Crippen LogP contribution < -0.4 is 0 Å². The number of aryl methyl sites for hydroxylation is 2. The fraction of sp³-hybridized carbons (Fsp3) is 0.395. The van der Waals surface area contributed by atoms with Gasteiger partial charge < -0.3 is 29.3 Å². The minimum absolute atomic E-state index is 0.00583. The SMILES string of the molecule is C=CCN1CC(=O)N2[C@@H](Cc3ccc(O)cc3)C(=O)N(Cc3cccc4c(C(=O)N5CCC(N(C)C)CC5)cn(C)c34)C[C@@H]2N1C(=O)CCc1ccccc1. The maximum Gasteiger partial charge on any atom is 0.256 e. The van der Waals surface area contributed by atoms with Crippen molar-refractivity contribution in [1.29, 1.82) is 0 Å². The Morgan fingerprint density at radius 2 is 1.67 bits per heavy atom. The molecule has 4 amide bonds. The summed E-state index contributed by atoms with van der Waals surface area (Å²) >= 11 is 0. The van der Waals surface area contributed by atoms with E-state index in [2.05, 4.69) is 25.6 Å². The number of amides is 4. The molecule has 3 fully saturated rings. The zero-order valence-electron chi connectivity index (χ0n) is 32.0. The molecule has 12 heteroatoms. The molecule has 3 saturated heterocycles. The number of hydrogen-bond acceptors (Lipinski definition) is 7. The zero-order chi connectivity index (χ0) is 38.8. The summed E-state index contributed by atoms with van der Waals surface area (Å²) in [6, 6.07) is 21.9. The molecule has 55 heavy (non-hydrogen) atoms. The van der Waals surface area contributed by atoms with Gasteiger partial charge in [-0.3, -0.25) is 19.2 Å². The van der Waals surface area contributed by atoms with Gasteiger partial charge in [0, 0.05) is 63.7 Å². The van der Waals surface area contributed by atoms with E-state index >= 15 is 0 Å². The molecule has 1 N–H and O–H groups in total. The minimum atomic E-state index is -0.888. The van der Waals surface area contributed by atoms with Gasteiger partial charge in [-0.25, -0.2) is 10.0 Å². The van der Waals surface area contributed by atoms with Gasteiger partial charge in [-0.1, -0.05) is 66.7 Å². The van der Waals surface area contributed by atoms with Crippen LogP contribution in [0.25, 0.3) is 10.9 Å². The molecule has 3 aromatic carbocycles. The van der Waals surface area contributed by atoms with Crippen LogP contribution in [0, 0.1) is 0 Å². The number of para-hydroxylation sites is 1. The lowest BCUT2D eigenvalue weighted by atomic mass is 9.97. The Labute approximate surface area is 322 Å². The van der Waals surface area contributed by atoms with Crippen LogP contribution in [0.5, 0.6) is 5.75 Å². The number of benzene rings is 3. The first kappa shape index (κ1) is 37.8. The van der Waals surface area contributed by atoms with Gasteiger partial charge in [0.2, 0.25) is 17.7 Å². The fourth-order valence-electron chi connectivity index (χ4n) is 8.58. The Morgan fingerprint density at radius 1 is 0.945 bits per heavy atom. The van der Waals surface area contributed by atoms with Crippen molar-refractivity contribution in [2.24, 2.45) is 7.05 Å². The number of phenols is 1. The third-order valence-electron chi connectivity index (χ3n) is 11.4. The smallest absolute Gasteiger partial charge is 0.256 e. The van der Waals surface area contributed by atoms with Crippen molar-refractivity contribution in [3.05, 3.63) is 114 Å². The van der Waals surface area contributed by atoms with Gasteiger partial charge >= 0.3 is 0 Å². The van der Waals surface area contributed by atoms with Gasteiger partial charge in [0.15, 0.2) is 0 Å². The van der Waals surface area contributed by atoms with Gasteiger partial charge in [-0.15, -0.1) is 6.58 Å². The van der Waals surface area contributed by atoms with Gasteiger partial charge in [0.1, 0.15) is 18.0 Å². The molecule has 0 aliphatic carbocycles. The van der Waals surface area contributed by atoms with Gasteiger partial charge in [-0.05, 0) is 62.2 Å². The Morgan fingerprint density at radius 3 is 2.36 bits per heavy atom. The predicted molar refractivity (Wildman–Crippen MR) is 211 cm³/mol. The number of piperazine rings is 1. The van der Waals surface area contributed by atoms with E-state index in [9.17, 15) is 24.3 Å². The van der Waals surface area contributed by atoms with Crippen LogP contribution >= 0.6 is 0 Å². The van der Waals surface area contributed by atoms with Crippen molar-refractivity contribution in [3.63, 3.8) is 0 Å². The summed E-state index contributed by atoms with van der Waals surface area (Å²) in [4.78, 5) is 64.5. The third kappa shape index (κ3) is 7.74. The molecule has 3 aliphatic rings. The van der Waals surface area contributed by atoms with Crippen LogP contribution in [0.2, 0.25) is 0 Å². The number of carbonyl (C=O) groups is 4. The molecule has 0 saturated carbocycles. The van der Waals surface area contributed by atoms with Crippen LogP contribution in [-0.4, -0.2) is 128 Å². The molecule has 7 rings (SSSR count). The van der Waals surface area contributed by atoms with Crippen LogP contribution in [0.3, 0.4) is 0 Å². The number of rotatable bonds is 11. The number of likely N-dealkylation sites (tertiary alicyclic amines) is 1. The van der Waals surface area contributed by atoms with Crippen LogP contribution in [0.15, 0.2) is 91.6 Å². The number of aromatic nitrogens is 1. The Kier molecular flexibility index (Phi) is 11.1. The van der Waals surface area contributed by atoms with Crippen molar-refractivity contribution in [2.75, 3.05) is 46.8 Å². The van der Waals surface area contributed by atoms with Crippen LogP contribution in [-0.2, 0) is 40.8 Å². The van der Waals surface area contributed by atoms with E-state index < -0.39 is 12.2 Å². The summed E-state index contributed by atoms with van der Waals surface area (Å²) in [5, 5.41) is 14.2. The summed E-state index contributed by atoms with van der Waals surface area (Å²) in [6.45, 7) is 5.84. The van der Waals surface area contributed by atoms with Crippen molar-refractivity contribution >= 4 is 34.5 Å². The van der Waals surface area contributed by atoms with E-state index in [0.29, 0.717) is 31.1 Å². The summed E-state index contributed by atoms with van der Waals surface area (Å²) in [5.41, 5.74) is 4.18. The lowest BCUT2D eigenvalue weighted by Crippen LogP contribution is -2.75. The molecule has 3 aliphatic heterocycles. The number of phenolic OH excluding ortho intramolecular Hbond substituents is 1. The molecule has 288 valence electrons. The molecule has 2 atom stereocenters. The van der Waals surface area contributed by atoms with Crippen molar-refractivity contribution < 1.29 is 24.3 Å². The number of hydrazine groups is 1. The highest BCUT2D eigenvalue weighted by atomic mass is 16.3. The molecule has 0 radical (unpaired) electrons. The molecular weight excluding hydrogens is 695 g/mol. The second kappa shape index (κ2) is 16.1. The van der Waals surface area contributed by atoms with E-state index in [1.165, 1.54) is 0 Å². The fourth-order valence-corrected chi connectivity index (χ4v) is 8.58. The standard InChI is InChI=1S/C43H51N7O5/c1-5-22-48-29-40(53)49-37(25-31-14-17-34(51)18-15-31)43(55)47(28-38(49)50(48)39(52)19-16-30-10-7-6-8-11-30)26-32-12-9-13-35-36(27-45(4)41(32)35)42(54)46-23-20-33(21-24-46)44(2)3/h5-15,17-18,27,33,37-38,51H,1,16,19-26,28-29H2,2-4H3/t37-,38-/m0/s1. The average molecular weight is 746 g/mol. The van der Waals surface area contributed by atoms with Gasteiger partial charge in [0.05, 0.1) is 24.2 Å². The van der Waals surface area contributed by atoms with Crippen molar-refractivity contribution in [2.45, 2.75) is 56.9 Å². The summed E-state index contributed by atoms with van der Waals surface area (Å²) in [6.07, 6.45) is 5.63. The Balaban J connectivity index is 1.22. The number of nitrogens with zero attached hydrogens (tertiary/aromatic N) is 7. The van der Waals surface area contributed by atoms with Gasteiger partial charge in [-0.2, -0.15) is 0 Å². The second-order valence-electron chi connectivity index (χ2n) is 15.2. The van der Waals surface area contributed by atoms with Crippen molar-refractivity contribution in [1.82, 2.24) is 34.2 Å². The maximum atomic E-state index is 14.7. The van der Waals surface area contributed by atoms with Gasteiger partial charge in [0.25, 0.3) is 5.91 Å². The largest absolute Gasteiger partial charge is 0.508 e. The first-order valence-electron chi connectivity index (χ1n) is 19.2. The van der Waals surface area contributed by atoms with E-state index in [-0.39, 0.29) is 68.4 Å². The van der Waals surface area contributed by atoms with E-state index in [1.807, 2.05) is 71.2 Å².